The third-order valence-electron chi connectivity index (χ3n) is 3.92. The van der Waals surface area contributed by atoms with Crippen molar-refractivity contribution in [3.8, 4) is 0 Å². The van der Waals surface area contributed by atoms with Crippen LogP contribution in [0.15, 0.2) is 0 Å². The van der Waals surface area contributed by atoms with E-state index in [2.05, 4.69) is 0 Å². The van der Waals surface area contributed by atoms with E-state index in [1.807, 2.05) is 0 Å². The zero-order valence-electron chi connectivity index (χ0n) is 13.2. The molecule has 0 spiro atoms. The van der Waals surface area contributed by atoms with E-state index in [0.717, 1.165) is 32.1 Å². The molecular weight excluding hydrogens is 308 g/mol. The van der Waals surface area contributed by atoms with Gasteiger partial charge in [-0.15, -0.1) is 0 Å². The topological polar surface area (TPSA) is 137 Å². The molecule has 0 aromatic rings. The number of aliphatic hydroxyl groups excluding tert-OH is 4. The maximum absolute atomic E-state index is 10.3. The highest BCUT2D eigenvalue weighted by atomic mass is 16.7. The summed E-state index contributed by atoms with van der Waals surface area (Å²) in [5, 5.41) is 46.6. The molecule has 1 aliphatic heterocycles. The molecular formula is C15H28O8. The standard InChI is InChI=1S/C15H28O8/c16-9-10-12(19)13(20)14(21)15(23-10)22-8-6-4-2-1-3-5-7-11(17)18/h10,12-16,19-21H,1-9H2,(H,17,18)/t10-,12+,13+,14-,15+/m1/s1. The summed E-state index contributed by atoms with van der Waals surface area (Å²) in [4.78, 5) is 10.3. The van der Waals surface area contributed by atoms with Crippen molar-refractivity contribution < 1.29 is 39.8 Å². The number of rotatable bonds is 11. The lowest BCUT2D eigenvalue weighted by atomic mass is 9.99. The zero-order valence-corrected chi connectivity index (χ0v) is 13.2. The molecule has 0 bridgehead atoms. The molecule has 0 saturated carbocycles. The first-order chi connectivity index (χ1) is 11.0. The summed E-state index contributed by atoms with van der Waals surface area (Å²) in [6.45, 7) is -0.140. The lowest BCUT2D eigenvalue weighted by Crippen LogP contribution is -2.59. The fraction of sp³-hybridized carbons (Fsp3) is 0.933. The predicted octanol–water partition coefficient (Wildman–Crippen LogP) is -0.382. The first-order valence-electron chi connectivity index (χ1n) is 8.11. The van der Waals surface area contributed by atoms with Gasteiger partial charge in [-0.3, -0.25) is 4.79 Å². The van der Waals surface area contributed by atoms with Gasteiger partial charge in [-0.1, -0.05) is 25.7 Å². The minimum atomic E-state index is -1.42. The van der Waals surface area contributed by atoms with Gasteiger partial charge in [-0.05, 0) is 12.8 Å². The number of hydrogen-bond donors (Lipinski definition) is 5. The highest BCUT2D eigenvalue weighted by molar-refractivity contribution is 5.66. The van der Waals surface area contributed by atoms with Crippen molar-refractivity contribution in [2.45, 2.75) is 75.7 Å². The predicted molar refractivity (Wildman–Crippen MR) is 79.7 cm³/mol. The minimum absolute atomic E-state index is 0.209. The number of hydrogen-bond acceptors (Lipinski definition) is 7. The molecule has 0 radical (unpaired) electrons. The van der Waals surface area contributed by atoms with Crippen molar-refractivity contribution in [3.05, 3.63) is 0 Å². The second-order valence-corrected chi connectivity index (χ2v) is 5.83. The van der Waals surface area contributed by atoms with Crippen LogP contribution in [0.1, 0.15) is 44.9 Å². The second-order valence-electron chi connectivity index (χ2n) is 5.83. The molecule has 0 aromatic heterocycles. The summed E-state index contributed by atoms with van der Waals surface area (Å²) in [7, 11) is 0. The molecule has 0 amide bonds. The molecule has 8 heteroatoms. The number of aliphatic hydroxyl groups is 4. The Hall–Kier alpha value is -0.770. The SMILES string of the molecule is O=C(O)CCCCCCCCO[C@H]1O[C@H](CO)[C@H](O)[C@H](O)[C@H]1O. The van der Waals surface area contributed by atoms with Crippen molar-refractivity contribution >= 4 is 5.97 Å². The Kier molecular flexibility index (Phi) is 9.61. The highest BCUT2D eigenvalue weighted by Gasteiger charge is 2.43. The van der Waals surface area contributed by atoms with Gasteiger partial charge in [0.15, 0.2) is 6.29 Å². The fourth-order valence-corrected chi connectivity index (χ4v) is 2.49. The van der Waals surface area contributed by atoms with Crippen LogP contribution in [-0.4, -0.2) is 75.4 Å². The van der Waals surface area contributed by atoms with Gasteiger partial charge in [-0.25, -0.2) is 0 Å². The van der Waals surface area contributed by atoms with Crippen LogP contribution in [0, 0.1) is 0 Å². The number of ether oxygens (including phenoxy) is 2. The smallest absolute Gasteiger partial charge is 0.303 e. The van der Waals surface area contributed by atoms with E-state index in [-0.39, 0.29) is 6.42 Å². The average Bonchev–Trinajstić information content (AvgIpc) is 2.52. The number of carboxylic acid groups (broad SMARTS) is 1. The van der Waals surface area contributed by atoms with Gasteiger partial charge >= 0.3 is 5.97 Å². The monoisotopic (exact) mass is 336 g/mol. The number of carbonyl (C=O) groups is 1. The summed E-state index contributed by atoms with van der Waals surface area (Å²) in [5.74, 6) is -0.766. The summed E-state index contributed by atoms with van der Waals surface area (Å²) >= 11 is 0. The lowest BCUT2D eigenvalue weighted by molar-refractivity contribution is -0.301. The van der Waals surface area contributed by atoms with Crippen molar-refractivity contribution in [2.75, 3.05) is 13.2 Å². The Morgan fingerprint density at radius 3 is 2.13 bits per heavy atom. The van der Waals surface area contributed by atoms with E-state index in [0.29, 0.717) is 13.0 Å². The summed E-state index contributed by atoms with van der Waals surface area (Å²) in [6.07, 6.45) is -0.793. The third kappa shape index (κ3) is 7.11. The minimum Gasteiger partial charge on any atom is -0.481 e. The molecule has 1 fully saturated rings. The van der Waals surface area contributed by atoms with E-state index in [9.17, 15) is 20.1 Å². The Morgan fingerprint density at radius 2 is 1.52 bits per heavy atom. The molecule has 8 nitrogen and oxygen atoms in total. The van der Waals surface area contributed by atoms with E-state index in [1.54, 1.807) is 0 Å². The van der Waals surface area contributed by atoms with Crippen LogP contribution >= 0.6 is 0 Å². The van der Waals surface area contributed by atoms with E-state index < -0.39 is 43.3 Å². The van der Waals surface area contributed by atoms with Crippen LogP contribution in [0.25, 0.3) is 0 Å². The number of aliphatic carboxylic acids is 1. The molecule has 0 aliphatic carbocycles. The highest BCUT2D eigenvalue weighted by Crippen LogP contribution is 2.22. The van der Waals surface area contributed by atoms with E-state index >= 15 is 0 Å². The molecule has 1 heterocycles. The van der Waals surface area contributed by atoms with Gasteiger partial charge in [-0.2, -0.15) is 0 Å². The first-order valence-corrected chi connectivity index (χ1v) is 8.11. The maximum atomic E-state index is 10.3. The third-order valence-corrected chi connectivity index (χ3v) is 3.92. The van der Waals surface area contributed by atoms with Gasteiger partial charge in [0.2, 0.25) is 0 Å². The van der Waals surface area contributed by atoms with Crippen molar-refractivity contribution in [1.82, 2.24) is 0 Å². The van der Waals surface area contributed by atoms with Crippen LogP contribution < -0.4 is 0 Å². The molecule has 0 aromatic carbocycles. The van der Waals surface area contributed by atoms with Crippen molar-refractivity contribution in [1.29, 1.82) is 0 Å². The Balaban J connectivity index is 2.09. The van der Waals surface area contributed by atoms with Gasteiger partial charge < -0.3 is 35.0 Å². The molecule has 23 heavy (non-hydrogen) atoms. The summed E-state index contributed by atoms with van der Waals surface area (Å²) in [6, 6.07) is 0. The van der Waals surface area contributed by atoms with E-state index in [1.165, 1.54) is 0 Å². The van der Waals surface area contributed by atoms with Crippen LogP contribution in [-0.2, 0) is 14.3 Å². The first kappa shape index (κ1) is 20.3. The molecule has 5 N–H and O–H groups in total. The van der Waals surface area contributed by atoms with Crippen LogP contribution in [0.5, 0.6) is 0 Å². The normalized spacial score (nSPS) is 31.2. The van der Waals surface area contributed by atoms with Gasteiger partial charge in [0, 0.05) is 13.0 Å². The molecule has 5 atom stereocenters. The summed E-state index contributed by atoms with van der Waals surface area (Å²) in [5.41, 5.74) is 0. The maximum Gasteiger partial charge on any atom is 0.303 e. The summed E-state index contributed by atoms with van der Waals surface area (Å²) < 4.78 is 10.6. The van der Waals surface area contributed by atoms with Gasteiger partial charge in [0.1, 0.15) is 24.4 Å². The van der Waals surface area contributed by atoms with Crippen LogP contribution in [0.4, 0.5) is 0 Å². The van der Waals surface area contributed by atoms with Crippen LogP contribution in [0.3, 0.4) is 0 Å². The Labute approximate surface area is 135 Å². The van der Waals surface area contributed by atoms with Gasteiger partial charge in [0.05, 0.1) is 6.61 Å². The van der Waals surface area contributed by atoms with Crippen molar-refractivity contribution in [3.63, 3.8) is 0 Å². The Morgan fingerprint density at radius 1 is 0.913 bits per heavy atom. The van der Waals surface area contributed by atoms with Gasteiger partial charge in [0.25, 0.3) is 0 Å². The fourth-order valence-electron chi connectivity index (χ4n) is 2.49. The molecule has 1 saturated heterocycles. The molecule has 1 rings (SSSR count). The molecule has 136 valence electrons. The second kappa shape index (κ2) is 10.9. The van der Waals surface area contributed by atoms with Crippen molar-refractivity contribution in [2.24, 2.45) is 0 Å². The zero-order chi connectivity index (χ0) is 17.2. The van der Waals surface area contributed by atoms with E-state index in [4.69, 9.17) is 19.7 Å². The average molecular weight is 336 g/mol. The largest absolute Gasteiger partial charge is 0.481 e. The number of unbranched alkanes of at least 4 members (excludes halogenated alkanes) is 5. The quantitative estimate of drug-likeness (QED) is 0.322. The molecule has 0 unspecified atom stereocenters. The number of carboxylic acids is 1. The molecule has 1 aliphatic rings. The van der Waals surface area contributed by atoms with Crippen LogP contribution in [0.2, 0.25) is 0 Å². The Bertz CT molecular complexity index is 335. The lowest BCUT2D eigenvalue weighted by Gasteiger charge is -2.39.